The second-order valence-corrected chi connectivity index (χ2v) is 9.09. The summed E-state index contributed by atoms with van der Waals surface area (Å²) in [7, 11) is 0. The van der Waals surface area contributed by atoms with E-state index in [1.165, 1.54) is 6.42 Å². The van der Waals surface area contributed by atoms with Crippen LogP contribution in [-0.2, 0) is 9.59 Å². The molecule has 1 heterocycles. The molecule has 0 saturated heterocycles. The normalized spacial score (nSPS) is 35.4. The van der Waals surface area contributed by atoms with E-state index in [4.69, 9.17) is 11.6 Å². The van der Waals surface area contributed by atoms with Gasteiger partial charge in [0.1, 0.15) is 5.82 Å². The number of halogens is 1. The Morgan fingerprint density at radius 2 is 2.00 bits per heavy atom. The average Bonchev–Trinajstić information content (AvgIpc) is 2.52. The van der Waals surface area contributed by atoms with E-state index in [2.05, 4.69) is 15.6 Å². The Morgan fingerprint density at radius 3 is 2.64 bits per heavy atom. The Hall–Kier alpha value is -1.62. The van der Waals surface area contributed by atoms with E-state index in [1.807, 2.05) is 19.1 Å². The zero-order chi connectivity index (χ0) is 17.7. The van der Waals surface area contributed by atoms with Crippen molar-refractivity contribution in [1.82, 2.24) is 10.3 Å². The van der Waals surface area contributed by atoms with Crippen LogP contribution in [0.1, 0.15) is 44.1 Å². The third-order valence-corrected chi connectivity index (χ3v) is 6.59. The molecule has 2 N–H and O–H groups in total. The van der Waals surface area contributed by atoms with Crippen LogP contribution in [0.25, 0.3) is 0 Å². The van der Waals surface area contributed by atoms with Gasteiger partial charge < -0.3 is 10.6 Å². The smallest absolute Gasteiger partial charge is 0.244 e. The van der Waals surface area contributed by atoms with Crippen molar-refractivity contribution >= 4 is 29.2 Å². The van der Waals surface area contributed by atoms with Crippen molar-refractivity contribution in [3.63, 3.8) is 0 Å². The van der Waals surface area contributed by atoms with Crippen LogP contribution >= 0.6 is 11.6 Å². The number of nitrogens with one attached hydrogen (secondary N) is 2. The van der Waals surface area contributed by atoms with Crippen molar-refractivity contribution in [1.29, 1.82) is 0 Å². The lowest BCUT2D eigenvalue weighted by Gasteiger charge is -2.59. The van der Waals surface area contributed by atoms with Crippen LogP contribution in [0, 0.1) is 24.2 Å². The highest BCUT2D eigenvalue weighted by Gasteiger charge is 2.60. The molecule has 25 heavy (non-hydrogen) atoms. The number of pyridine rings is 1. The Kier molecular flexibility index (Phi) is 4.02. The molecule has 4 aliphatic carbocycles. The van der Waals surface area contributed by atoms with Gasteiger partial charge >= 0.3 is 0 Å². The van der Waals surface area contributed by atoms with Crippen molar-refractivity contribution in [3.8, 4) is 0 Å². The molecule has 4 bridgehead atoms. The predicted molar refractivity (Wildman–Crippen MR) is 96.3 cm³/mol. The van der Waals surface area contributed by atoms with E-state index < -0.39 is 0 Å². The first-order chi connectivity index (χ1) is 11.9. The molecule has 5 nitrogen and oxygen atoms in total. The Balaban J connectivity index is 1.38. The van der Waals surface area contributed by atoms with Gasteiger partial charge in [-0.05, 0) is 68.9 Å². The van der Waals surface area contributed by atoms with Gasteiger partial charge in [0.2, 0.25) is 11.8 Å². The molecule has 4 aliphatic rings. The fourth-order valence-corrected chi connectivity index (χ4v) is 6.25. The van der Waals surface area contributed by atoms with Gasteiger partial charge in [-0.1, -0.05) is 6.07 Å². The topological polar surface area (TPSA) is 71.1 Å². The highest BCUT2D eigenvalue weighted by Crippen LogP contribution is 2.63. The molecule has 4 saturated carbocycles. The molecular formula is C19H24ClN3O2. The quantitative estimate of drug-likeness (QED) is 0.810. The van der Waals surface area contributed by atoms with Crippen molar-refractivity contribution in [2.75, 3.05) is 11.9 Å². The molecule has 0 aromatic carbocycles. The maximum Gasteiger partial charge on any atom is 0.244 e. The van der Waals surface area contributed by atoms with Gasteiger partial charge in [-0.25, -0.2) is 4.98 Å². The Morgan fingerprint density at radius 1 is 1.28 bits per heavy atom. The number of carbonyl (C=O) groups is 2. The summed E-state index contributed by atoms with van der Waals surface area (Å²) < 4.78 is 0. The molecular weight excluding hydrogens is 338 g/mol. The first kappa shape index (κ1) is 16.8. The van der Waals surface area contributed by atoms with Crippen molar-refractivity contribution in [2.45, 2.75) is 50.3 Å². The van der Waals surface area contributed by atoms with Gasteiger partial charge in [-0.15, -0.1) is 11.6 Å². The minimum Gasteiger partial charge on any atom is -0.347 e. The fourth-order valence-electron chi connectivity index (χ4n) is 5.56. The number of aromatic nitrogens is 1. The molecule has 0 aliphatic heterocycles. The van der Waals surface area contributed by atoms with Crippen LogP contribution in [-0.4, -0.2) is 28.2 Å². The second kappa shape index (κ2) is 5.97. The van der Waals surface area contributed by atoms with Gasteiger partial charge in [0.05, 0.1) is 12.0 Å². The van der Waals surface area contributed by atoms with Crippen molar-refractivity contribution in [2.24, 2.45) is 17.3 Å². The molecule has 2 atom stereocenters. The lowest BCUT2D eigenvalue weighted by molar-refractivity contribution is -0.145. The number of carbonyl (C=O) groups excluding carboxylic acids is 2. The molecule has 134 valence electrons. The van der Waals surface area contributed by atoms with Gasteiger partial charge in [0.25, 0.3) is 0 Å². The summed E-state index contributed by atoms with van der Waals surface area (Å²) in [5.41, 5.74) is 0.528. The molecule has 1 aromatic heterocycles. The van der Waals surface area contributed by atoms with Gasteiger partial charge in [-0.3, -0.25) is 9.59 Å². The zero-order valence-corrected chi connectivity index (χ0v) is 15.2. The molecule has 0 spiro atoms. The Bertz CT molecular complexity index is 706. The summed E-state index contributed by atoms with van der Waals surface area (Å²) in [6.45, 7) is 1.86. The highest BCUT2D eigenvalue weighted by molar-refractivity contribution is 6.24. The number of amides is 2. The standard InChI is InChI=1S/C19H24ClN3O2/c1-12-3-2-4-21-16(12)23-15(24)10-22-17(25)18-6-13-5-14(7-18)9-19(20,8-13)11-18/h2-4,13-14H,5-11H2,1H3,(H,22,25)(H,21,23,24)/t13-,14-,18?,19?/m1/s1. The number of hydrogen-bond acceptors (Lipinski definition) is 3. The number of hydrogen-bond donors (Lipinski definition) is 2. The first-order valence-corrected chi connectivity index (χ1v) is 9.44. The maximum atomic E-state index is 12.9. The molecule has 6 heteroatoms. The van der Waals surface area contributed by atoms with Crippen LogP contribution in [0.4, 0.5) is 5.82 Å². The van der Waals surface area contributed by atoms with Crippen molar-refractivity contribution in [3.05, 3.63) is 23.9 Å². The number of nitrogens with zero attached hydrogens (tertiary/aromatic N) is 1. The lowest BCUT2D eigenvalue weighted by atomic mass is 9.49. The third-order valence-electron chi connectivity index (χ3n) is 6.15. The molecule has 0 radical (unpaired) electrons. The van der Waals surface area contributed by atoms with Crippen LogP contribution in [0.5, 0.6) is 0 Å². The van der Waals surface area contributed by atoms with Crippen LogP contribution < -0.4 is 10.6 Å². The van der Waals surface area contributed by atoms with Gasteiger partial charge in [0, 0.05) is 11.1 Å². The first-order valence-electron chi connectivity index (χ1n) is 9.06. The monoisotopic (exact) mass is 361 g/mol. The van der Waals surface area contributed by atoms with Gasteiger partial charge in [-0.2, -0.15) is 0 Å². The van der Waals surface area contributed by atoms with E-state index in [-0.39, 0.29) is 28.6 Å². The summed E-state index contributed by atoms with van der Waals surface area (Å²) in [6.07, 6.45) is 7.52. The molecule has 4 fully saturated rings. The number of rotatable bonds is 4. The maximum absolute atomic E-state index is 12.9. The minimum atomic E-state index is -0.368. The minimum absolute atomic E-state index is 0.000446. The second-order valence-electron chi connectivity index (χ2n) is 8.29. The zero-order valence-electron chi connectivity index (χ0n) is 14.5. The number of anilines is 1. The fraction of sp³-hybridized carbons (Fsp3) is 0.632. The molecule has 5 rings (SSSR count). The number of alkyl halides is 1. The van der Waals surface area contributed by atoms with E-state index >= 15 is 0 Å². The van der Waals surface area contributed by atoms with Gasteiger partial charge in [0.15, 0.2) is 0 Å². The summed E-state index contributed by atoms with van der Waals surface area (Å²) in [5, 5.41) is 5.61. The van der Waals surface area contributed by atoms with Crippen LogP contribution in [0.15, 0.2) is 18.3 Å². The molecule has 1 aromatic rings. The van der Waals surface area contributed by atoms with Crippen molar-refractivity contribution < 1.29 is 9.59 Å². The highest BCUT2D eigenvalue weighted by atomic mass is 35.5. The average molecular weight is 362 g/mol. The van der Waals surface area contributed by atoms with Crippen LogP contribution in [0.2, 0.25) is 0 Å². The van der Waals surface area contributed by atoms with Crippen LogP contribution in [0.3, 0.4) is 0 Å². The third kappa shape index (κ3) is 3.14. The molecule has 2 amide bonds. The molecule has 0 unspecified atom stereocenters. The Labute approximate surface area is 152 Å². The summed E-state index contributed by atoms with van der Waals surface area (Å²) >= 11 is 6.78. The summed E-state index contributed by atoms with van der Waals surface area (Å²) in [4.78, 5) is 29.0. The van der Waals surface area contributed by atoms with E-state index in [1.54, 1.807) is 6.20 Å². The SMILES string of the molecule is Cc1cccnc1NC(=O)CNC(=O)C12C[C@H]3C[C@@H](CC(Cl)(C3)C1)C2. The number of aryl methyl sites for hydroxylation is 1. The summed E-state index contributed by atoms with van der Waals surface area (Å²) in [6, 6.07) is 3.71. The van der Waals surface area contributed by atoms with E-state index in [0.717, 1.165) is 37.7 Å². The largest absolute Gasteiger partial charge is 0.347 e. The predicted octanol–water partition coefficient (Wildman–Crippen LogP) is 3.02. The summed E-state index contributed by atoms with van der Waals surface area (Å²) in [5.74, 6) is 1.42. The van der Waals surface area contributed by atoms with E-state index in [0.29, 0.717) is 17.7 Å². The van der Waals surface area contributed by atoms with E-state index in [9.17, 15) is 9.59 Å². The lowest BCUT2D eigenvalue weighted by Crippen LogP contribution is -2.58.